The number of nitrogens with two attached hydrogens (primary N) is 1. The first-order valence-corrected chi connectivity index (χ1v) is 7.44. The molecule has 0 radical (unpaired) electrons. The van der Waals surface area contributed by atoms with Crippen molar-refractivity contribution >= 4 is 0 Å². The summed E-state index contributed by atoms with van der Waals surface area (Å²) in [6.45, 7) is 5.20. The molecule has 3 heteroatoms. The number of halogens is 1. The van der Waals surface area contributed by atoms with Crippen molar-refractivity contribution in [2.24, 2.45) is 11.7 Å². The maximum Gasteiger partial charge on any atom is 0.123 e. The Morgan fingerprint density at radius 2 is 2.11 bits per heavy atom. The Morgan fingerprint density at radius 3 is 2.68 bits per heavy atom. The summed E-state index contributed by atoms with van der Waals surface area (Å²) in [7, 11) is 0. The molecule has 2 nitrogen and oxygen atoms in total. The Hall–Kier alpha value is -0.930. The molecule has 19 heavy (non-hydrogen) atoms. The molecule has 1 aliphatic heterocycles. The summed E-state index contributed by atoms with van der Waals surface area (Å²) in [6, 6.07) is 7.41. The van der Waals surface area contributed by atoms with E-state index >= 15 is 0 Å². The molecule has 1 aliphatic rings. The van der Waals surface area contributed by atoms with Gasteiger partial charge in [0.1, 0.15) is 5.82 Å². The van der Waals surface area contributed by atoms with E-state index in [4.69, 9.17) is 5.73 Å². The number of benzene rings is 1. The Labute approximate surface area is 115 Å². The quantitative estimate of drug-likeness (QED) is 0.884. The zero-order chi connectivity index (χ0) is 13.7. The molecular formula is C16H25FN2. The summed E-state index contributed by atoms with van der Waals surface area (Å²) in [5.74, 6) is 0.653. The van der Waals surface area contributed by atoms with Gasteiger partial charge < -0.3 is 5.73 Å². The third kappa shape index (κ3) is 3.77. The summed E-state index contributed by atoms with van der Waals surface area (Å²) in [5.41, 5.74) is 6.74. The Bertz CT molecular complexity index is 386. The van der Waals surface area contributed by atoms with Crippen LogP contribution in [-0.4, -0.2) is 24.5 Å². The van der Waals surface area contributed by atoms with Crippen molar-refractivity contribution < 1.29 is 4.39 Å². The lowest BCUT2D eigenvalue weighted by Gasteiger charge is -2.37. The Balaban J connectivity index is 1.99. The molecular weight excluding hydrogens is 239 g/mol. The second-order valence-corrected chi connectivity index (χ2v) is 5.54. The van der Waals surface area contributed by atoms with Crippen molar-refractivity contribution in [3.63, 3.8) is 0 Å². The van der Waals surface area contributed by atoms with E-state index in [2.05, 4.69) is 11.8 Å². The van der Waals surface area contributed by atoms with Crippen LogP contribution in [0.25, 0.3) is 0 Å². The lowest BCUT2D eigenvalue weighted by atomic mass is 9.91. The van der Waals surface area contributed by atoms with E-state index in [1.54, 1.807) is 6.07 Å². The van der Waals surface area contributed by atoms with E-state index in [-0.39, 0.29) is 5.82 Å². The van der Waals surface area contributed by atoms with Crippen LogP contribution >= 0.6 is 0 Å². The van der Waals surface area contributed by atoms with Gasteiger partial charge in [-0.05, 0) is 68.9 Å². The molecule has 1 unspecified atom stereocenters. The zero-order valence-corrected chi connectivity index (χ0v) is 11.8. The molecule has 1 atom stereocenters. The highest BCUT2D eigenvalue weighted by atomic mass is 19.1. The molecule has 1 aromatic rings. The molecule has 2 N–H and O–H groups in total. The smallest absolute Gasteiger partial charge is 0.123 e. The van der Waals surface area contributed by atoms with E-state index in [9.17, 15) is 4.39 Å². The first kappa shape index (κ1) is 14.5. The molecule has 1 aromatic carbocycles. The molecule has 0 aromatic heterocycles. The molecule has 0 aliphatic carbocycles. The van der Waals surface area contributed by atoms with Gasteiger partial charge in [-0.2, -0.15) is 0 Å². The number of likely N-dealkylation sites (tertiary alicyclic amines) is 1. The van der Waals surface area contributed by atoms with Gasteiger partial charge in [0.25, 0.3) is 0 Å². The SMILES string of the molecule is CCC(c1cccc(F)c1)N1CCC(CCN)CC1. The minimum absolute atomic E-state index is 0.131. The lowest BCUT2D eigenvalue weighted by Crippen LogP contribution is -2.37. The van der Waals surface area contributed by atoms with Gasteiger partial charge in [0.15, 0.2) is 0 Å². The summed E-state index contributed by atoms with van der Waals surface area (Å²) in [5, 5.41) is 0. The molecule has 0 amide bonds. The van der Waals surface area contributed by atoms with Crippen LogP contribution in [0.3, 0.4) is 0 Å². The summed E-state index contributed by atoms with van der Waals surface area (Å²) < 4.78 is 13.4. The predicted molar refractivity (Wildman–Crippen MR) is 77.4 cm³/mol. The van der Waals surface area contributed by atoms with Crippen LogP contribution in [0.2, 0.25) is 0 Å². The average Bonchev–Trinajstić information content (AvgIpc) is 2.42. The zero-order valence-electron chi connectivity index (χ0n) is 11.8. The largest absolute Gasteiger partial charge is 0.330 e. The van der Waals surface area contributed by atoms with Crippen LogP contribution in [-0.2, 0) is 0 Å². The first-order chi connectivity index (χ1) is 9.24. The molecule has 0 spiro atoms. The molecule has 0 bridgehead atoms. The highest BCUT2D eigenvalue weighted by Gasteiger charge is 2.24. The van der Waals surface area contributed by atoms with E-state index in [0.29, 0.717) is 6.04 Å². The Kier molecular flexibility index (Phi) is 5.34. The number of hydrogen-bond donors (Lipinski definition) is 1. The summed E-state index contributed by atoms with van der Waals surface area (Å²) in [6.07, 6.45) is 4.63. The van der Waals surface area contributed by atoms with Crippen molar-refractivity contribution in [3.8, 4) is 0 Å². The second kappa shape index (κ2) is 7.01. The number of hydrogen-bond acceptors (Lipinski definition) is 2. The number of nitrogens with zero attached hydrogens (tertiary/aromatic N) is 1. The van der Waals surface area contributed by atoms with E-state index < -0.39 is 0 Å². The maximum absolute atomic E-state index is 13.4. The topological polar surface area (TPSA) is 29.3 Å². The highest BCUT2D eigenvalue weighted by Crippen LogP contribution is 2.30. The van der Waals surface area contributed by atoms with Crippen LogP contribution in [0, 0.1) is 11.7 Å². The molecule has 106 valence electrons. The summed E-state index contributed by atoms with van der Waals surface area (Å²) in [4.78, 5) is 2.50. The van der Waals surface area contributed by atoms with Crippen LogP contribution in [0.1, 0.15) is 44.2 Å². The van der Waals surface area contributed by atoms with Crippen LogP contribution in [0.4, 0.5) is 4.39 Å². The predicted octanol–water partition coefficient (Wildman–Crippen LogP) is 3.34. The monoisotopic (exact) mass is 264 g/mol. The normalized spacial score (nSPS) is 19.5. The van der Waals surface area contributed by atoms with Crippen molar-refractivity contribution in [1.29, 1.82) is 0 Å². The van der Waals surface area contributed by atoms with Crippen molar-refractivity contribution in [2.45, 2.75) is 38.6 Å². The van der Waals surface area contributed by atoms with Crippen molar-refractivity contribution in [2.75, 3.05) is 19.6 Å². The average molecular weight is 264 g/mol. The first-order valence-electron chi connectivity index (χ1n) is 7.44. The van der Waals surface area contributed by atoms with Crippen LogP contribution in [0.5, 0.6) is 0 Å². The van der Waals surface area contributed by atoms with Gasteiger partial charge in [-0.25, -0.2) is 4.39 Å². The standard InChI is InChI=1S/C16H25FN2/c1-2-16(14-4-3-5-15(17)12-14)19-10-7-13(6-9-18)8-11-19/h3-5,12-13,16H,2,6-11,18H2,1H3. The molecule has 1 fully saturated rings. The molecule has 0 saturated carbocycles. The van der Waals surface area contributed by atoms with Crippen molar-refractivity contribution in [1.82, 2.24) is 4.90 Å². The van der Waals surface area contributed by atoms with E-state index in [0.717, 1.165) is 44.0 Å². The van der Waals surface area contributed by atoms with Gasteiger partial charge in [0, 0.05) is 6.04 Å². The minimum atomic E-state index is -0.131. The van der Waals surface area contributed by atoms with Crippen LogP contribution in [0.15, 0.2) is 24.3 Å². The van der Waals surface area contributed by atoms with Gasteiger partial charge in [-0.15, -0.1) is 0 Å². The molecule has 2 rings (SSSR count). The minimum Gasteiger partial charge on any atom is -0.330 e. The maximum atomic E-state index is 13.4. The fourth-order valence-electron chi connectivity index (χ4n) is 3.21. The summed E-state index contributed by atoms with van der Waals surface area (Å²) >= 11 is 0. The Morgan fingerprint density at radius 1 is 1.37 bits per heavy atom. The lowest BCUT2D eigenvalue weighted by molar-refractivity contribution is 0.126. The third-order valence-electron chi connectivity index (χ3n) is 4.28. The highest BCUT2D eigenvalue weighted by molar-refractivity contribution is 5.20. The third-order valence-corrected chi connectivity index (χ3v) is 4.28. The van der Waals surface area contributed by atoms with E-state index in [1.807, 2.05) is 12.1 Å². The fourth-order valence-corrected chi connectivity index (χ4v) is 3.21. The number of rotatable bonds is 5. The second-order valence-electron chi connectivity index (χ2n) is 5.54. The molecule has 1 heterocycles. The number of piperidine rings is 1. The molecule has 1 saturated heterocycles. The van der Waals surface area contributed by atoms with Gasteiger partial charge >= 0.3 is 0 Å². The van der Waals surface area contributed by atoms with Gasteiger partial charge in [-0.3, -0.25) is 4.90 Å². The van der Waals surface area contributed by atoms with Gasteiger partial charge in [-0.1, -0.05) is 19.1 Å². The fraction of sp³-hybridized carbons (Fsp3) is 0.625. The van der Waals surface area contributed by atoms with Crippen LogP contribution < -0.4 is 5.73 Å². The van der Waals surface area contributed by atoms with Gasteiger partial charge in [0.2, 0.25) is 0 Å². The van der Waals surface area contributed by atoms with Gasteiger partial charge in [0.05, 0.1) is 0 Å². The van der Waals surface area contributed by atoms with Crippen molar-refractivity contribution in [3.05, 3.63) is 35.6 Å². The van der Waals surface area contributed by atoms with E-state index in [1.165, 1.54) is 18.9 Å².